The van der Waals surface area contributed by atoms with Crippen molar-refractivity contribution in [2.24, 2.45) is 0 Å². The van der Waals surface area contributed by atoms with E-state index in [2.05, 4.69) is 15.3 Å². The molecule has 1 N–H and O–H groups in total. The van der Waals surface area contributed by atoms with Crippen molar-refractivity contribution >= 4 is 26.9 Å². The number of nitrogens with one attached hydrogen (secondary N) is 1. The molecule has 2 rings (SSSR count). The fourth-order valence-corrected chi connectivity index (χ4v) is 2.34. The van der Waals surface area contributed by atoms with Crippen LogP contribution in [0.15, 0.2) is 34.2 Å². The number of hydrogen-bond acceptors (Lipinski definition) is 6. The Labute approximate surface area is 103 Å². The van der Waals surface area contributed by atoms with Crippen LogP contribution in [0.4, 0.5) is 5.69 Å². The lowest BCUT2D eigenvalue weighted by atomic mass is 10.4. The quantitative estimate of drug-likeness (QED) is 0.911. The molecular weight excluding hydrogens is 258 g/mol. The van der Waals surface area contributed by atoms with Gasteiger partial charge in [0.25, 0.3) is 0 Å². The summed E-state index contributed by atoms with van der Waals surface area (Å²) in [6.07, 6.45) is 2.64. The van der Waals surface area contributed by atoms with Crippen LogP contribution in [0.1, 0.15) is 5.69 Å². The molecule has 0 unspecified atom stereocenters. The second kappa shape index (κ2) is 4.80. The van der Waals surface area contributed by atoms with Gasteiger partial charge in [-0.1, -0.05) is 0 Å². The van der Waals surface area contributed by atoms with E-state index in [4.69, 9.17) is 0 Å². The SMILES string of the molecule is CS(=O)(=O)c1ccc(NCc2cscn2)cn1. The van der Waals surface area contributed by atoms with E-state index < -0.39 is 9.84 Å². The summed E-state index contributed by atoms with van der Waals surface area (Å²) in [6.45, 7) is 0.601. The van der Waals surface area contributed by atoms with Gasteiger partial charge in [-0.05, 0) is 12.1 Å². The van der Waals surface area contributed by atoms with Crippen LogP contribution in [0, 0.1) is 0 Å². The number of hydrogen-bond donors (Lipinski definition) is 1. The van der Waals surface area contributed by atoms with Crippen LogP contribution in [-0.4, -0.2) is 24.6 Å². The lowest BCUT2D eigenvalue weighted by Gasteiger charge is -2.04. The number of anilines is 1. The van der Waals surface area contributed by atoms with Gasteiger partial charge in [0.1, 0.15) is 0 Å². The van der Waals surface area contributed by atoms with Crippen molar-refractivity contribution < 1.29 is 8.42 Å². The van der Waals surface area contributed by atoms with E-state index >= 15 is 0 Å². The van der Waals surface area contributed by atoms with Crippen LogP contribution in [0.3, 0.4) is 0 Å². The minimum atomic E-state index is -3.23. The fourth-order valence-electron chi connectivity index (χ4n) is 1.22. The van der Waals surface area contributed by atoms with Crippen molar-refractivity contribution in [1.29, 1.82) is 0 Å². The van der Waals surface area contributed by atoms with Gasteiger partial charge in [-0.25, -0.2) is 18.4 Å². The Morgan fingerprint density at radius 1 is 1.35 bits per heavy atom. The molecule has 0 radical (unpaired) electrons. The van der Waals surface area contributed by atoms with Gasteiger partial charge in [0.05, 0.1) is 29.6 Å². The van der Waals surface area contributed by atoms with Crippen LogP contribution in [0.5, 0.6) is 0 Å². The summed E-state index contributed by atoms with van der Waals surface area (Å²) < 4.78 is 22.4. The van der Waals surface area contributed by atoms with Crippen LogP contribution in [-0.2, 0) is 16.4 Å². The zero-order valence-electron chi connectivity index (χ0n) is 9.12. The number of pyridine rings is 1. The van der Waals surface area contributed by atoms with Crippen molar-refractivity contribution in [3.63, 3.8) is 0 Å². The maximum atomic E-state index is 11.2. The molecule has 0 fully saturated rings. The number of nitrogens with zero attached hydrogens (tertiary/aromatic N) is 2. The molecule has 17 heavy (non-hydrogen) atoms. The monoisotopic (exact) mass is 269 g/mol. The molecule has 0 saturated heterocycles. The molecule has 0 aromatic carbocycles. The molecule has 0 saturated carbocycles. The molecular formula is C10H11N3O2S2. The highest BCUT2D eigenvalue weighted by Gasteiger charge is 2.07. The minimum Gasteiger partial charge on any atom is -0.378 e. The van der Waals surface area contributed by atoms with Crippen molar-refractivity contribution in [3.8, 4) is 0 Å². The third kappa shape index (κ3) is 3.24. The van der Waals surface area contributed by atoms with Crippen molar-refractivity contribution in [2.75, 3.05) is 11.6 Å². The van der Waals surface area contributed by atoms with E-state index in [1.54, 1.807) is 11.6 Å². The lowest BCUT2D eigenvalue weighted by Crippen LogP contribution is -2.03. The van der Waals surface area contributed by atoms with E-state index in [1.165, 1.54) is 23.6 Å². The van der Waals surface area contributed by atoms with E-state index in [0.717, 1.165) is 17.6 Å². The fraction of sp³-hybridized carbons (Fsp3) is 0.200. The number of rotatable bonds is 4. The molecule has 0 atom stereocenters. The average Bonchev–Trinajstić information content (AvgIpc) is 2.78. The first kappa shape index (κ1) is 12.0. The lowest BCUT2D eigenvalue weighted by molar-refractivity contribution is 0.598. The Kier molecular flexibility index (Phi) is 3.39. The maximum Gasteiger partial charge on any atom is 0.192 e. The number of sulfone groups is 1. The molecule has 0 bridgehead atoms. The standard InChI is InChI=1S/C10H11N3O2S2/c1-17(14,15)10-3-2-8(4-12-10)11-5-9-6-16-7-13-9/h2-4,6-7,11H,5H2,1H3. The smallest absolute Gasteiger partial charge is 0.192 e. The Hall–Kier alpha value is -1.47. The van der Waals surface area contributed by atoms with Crippen molar-refractivity contribution in [3.05, 3.63) is 34.9 Å². The largest absolute Gasteiger partial charge is 0.378 e. The zero-order valence-corrected chi connectivity index (χ0v) is 10.8. The summed E-state index contributed by atoms with van der Waals surface area (Å²) in [6, 6.07) is 3.18. The molecule has 7 heteroatoms. The van der Waals surface area contributed by atoms with E-state index in [0.29, 0.717) is 6.54 Å². The van der Waals surface area contributed by atoms with Crippen LogP contribution in [0.2, 0.25) is 0 Å². The number of aromatic nitrogens is 2. The average molecular weight is 269 g/mol. The molecule has 0 aliphatic rings. The van der Waals surface area contributed by atoms with Crippen LogP contribution < -0.4 is 5.32 Å². The Morgan fingerprint density at radius 3 is 2.71 bits per heavy atom. The molecule has 0 aliphatic carbocycles. The summed E-state index contributed by atoms with van der Waals surface area (Å²) in [7, 11) is -3.23. The summed E-state index contributed by atoms with van der Waals surface area (Å²) in [4.78, 5) is 8.01. The van der Waals surface area contributed by atoms with E-state index in [-0.39, 0.29) is 5.03 Å². The molecule has 0 spiro atoms. The second-order valence-corrected chi connectivity index (χ2v) is 6.17. The molecule has 2 aromatic rings. The van der Waals surface area contributed by atoms with Gasteiger partial charge in [-0.2, -0.15) is 0 Å². The molecule has 5 nitrogen and oxygen atoms in total. The van der Waals surface area contributed by atoms with Crippen molar-refractivity contribution in [1.82, 2.24) is 9.97 Å². The highest BCUT2D eigenvalue weighted by Crippen LogP contribution is 2.11. The topological polar surface area (TPSA) is 72.0 Å². The Balaban J connectivity index is 2.04. The minimum absolute atomic E-state index is 0.0803. The molecule has 0 amide bonds. The summed E-state index contributed by atoms with van der Waals surface area (Å²) in [5, 5.41) is 5.14. The molecule has 2 heterocycles. The van der Waals surface area contributed by atoms with Gasteiger partial charge in [-0.3, -0.25) is 0 Å². The predicted octanol–water partition coefficient (Wildman–Crippen LogP) is 1.55. The van der Waals surface area contributed by atoms with Gasteiger partial charge in [0, 0.05) is 11.6 Å². The van der Waals surface area contributed by atoms with Crippen molar-refractivity contribution in [2.45, 2.75) is 11.6 Å². The third-order valence-electron chi connectivity index (χ3n) is 2.07. The second-order valence-electron chi connectivity index (χ2n) is 3.49. The van der Waals surface area contributed by atoms with Crippen LogP contribution >= 0.6 is 11.3 Å². The van der Waals surface area contributed by atoms with Gasteiger partial charge in [-0.15, -0.1) is 11.3 Å². The Bertz CT molecular complexity index is 577. The number of thiazole rings is 1. The van der Waals surface area contributed by atoms with E-state index in [1.807, 2.05) is 5.38 Å². The third-order valence-corrected chi connectivity index (χ3v) is 3.71. The predicted molar refractivity (Wildman–Crippen MR) is 66.8 cm³/mol. The Morgan fingerprint density at radius 2 is 2.18 bits per heavy atom. The molecule has 2 aromatic heterocycles. The van der Waals surface area contributed by atoms with Gasteiger partial charge in [0.2, 0.25) is 0 Å². The maximum absolute atomic E-state index is 11.2. The van der Waals surface area contributed by atoms with Gasteiger partial charge >= 0.3 is 0 Å². The summed E-state index contributed by atoms with van der Waals surface area (Å²) in [5.74, 6) is 0. The summed E-state index contributed by atoms with van der Waals surface area (Å²) >= 11 is 1.53. The highest BCUT2D eigenvalue weighted by atomic mass is 32.2. The first-order valence-electron chi connectivity index (χ1n) is 4.83. The zero-order chi connectivity index (χ0) is 12.3. The van der Waals surface area contributed by atoms with Crippen LogP contribution in [0.25, 0.3) is 0 Å². The normalized spacial score (nSPS) is 11.4. The summed E-state index contributed by atoms with van der Waals surface area (Å²) in [5.41, 5.74) is 3.48. The first-order valence-corrected chi connectivity index (χ1v) is 7.66. The highest BCUT2D eigenvalue weighted by molar-refractivity contribution is 7.90. The van der Waals surface area contributed by atoms with E-state index in [9.17, 15) is 8.42 Å². The molecule has 90 valence electrons. The molecule has 0 aliphatic heterocycles. The van der Waals surface area contributed by atoms with Gasteiger partial charge < -0.3 is 5.32 Å². The van der Waals surface area contributed by atoms with Gasteiger partial charge in [0.15, 0.2) is 14.9 Å². The first-order chi connectivity index (χ1) is 8.05.